The van der Waals surface area contributed by atoms with Crippen LogP contribution in [0.5, 0.6) is 0 Å². The highest BCUT2D eigenvalue weighted by Gasteiger charge is 2.17. The average molecular weight is 398 g/mol. The maximum absolute atomic E-state index is 11.3. The van der Waals surface area contributed by atoms with Crippen molar-refractivity contribution >= 4 is 27.8 Å². The molecule has 3 aromatic rings. The van der Waals surface area contributed by atoms with Gasteiger partial charge in [-0.3, -0.25) is 0 Å². The van der Waals surface area contributed by atoms with Crippen LogP contribution in [0.25, 0.3) is 21.8 Å². The third-order valence-corrected chi connectivity index (χ3v) is 5.18. The summed E-state index contributed by atoms with van der Waals surface area (Å²) >= 11 is 0. The fourth-order valence-electron chi connectivity index (χ4n) is 3.51. The van der Waals surface area contributed by atoms with E-state index in [-0.39, 0.29) is 7.43 Å². The van der Waals surface area contributed by atoms with Crippen molar-refractivity contribution in [3.63, 3.8) is 0 Å². The lowest BCUT2D eigenvalue weighted by Gasteiger charge is -2.19. The Balaban J connectivity index is 0.00000300. The van der Waals surface area contributed by atoms with Crippen LogP contribution < -0.4 is 11.1 Å². The zero-order valence-corrected chi connectivity index (χ0v) is 16.6. The van der Waals surface area contributed by atoms with Gasteiger partial charge in [0.15, 0.2) is 0 Å². The monoisotopic (exact) mass is 397 g/mol. The third-order valence-electron chi connectivity index (χ3n) is 5.18. The predicted octanol–water partition coefficient (Wildman–Crippen LogP) is 4.09. The minimum Gasteiger partial charge on any atom is -0.478 e. The van der Waals surface area contributed by atoms with Gasteiger partial charge in [-0.2, -0.15) is 0 Å². The Morgan fingerprint density at radius 1 is 1.21 bits per heavy atom. The Kier molecular flexibility index (Phi) is 7.40. The van der Waals surface area contributed by atoms with E-state index in [4.69, 9.17) is 10.6 Å². The second-order valence-electron chi connectivity index (χ2n) is 7.00. The van der Waals surface area contributed by atoms with Gasteiger partial charge in [0.25, 0.3) is 0 Å². The fourth-order valence-corrected chi connectivity index (χ4v) is 3.51. The normalized spacial score (nSPS) is 12.8. The molecule has 3 rings (SSSR count). The molecule has 0 fully saturated rings. The molecule has 0 aliphatic carbocycles. The number of carboxylic acid groups (broad SMARTS) is 1. The van der Waals surface area contributed by atoms with E-state index in [0.717, 1.165) is 34.8 Å². The molecule has 1 unspecified atom stereocenters. The lowest BCUT2D eigenvalue weighted by atomic mass is 10.0. The second-order valence-corrected chi connectivity index (χ2v) is 7.00. The molecule has 0 aliphatic heterocycles. The lowest BCUT2D eigenvalue weighted by molar-refractivity contribution is -0.150. The summed E-state index contributed by atoms with van der Waals surface area (Å²) in [6, 6.07) is 12.1. The predicted molar refractivity (Wildman–Crippen MR) is 118 cm³/mol. The molecule has 2 aromatic carbocycles. The number of aromatic nitrogens is 1. The van der Waals surface area contributed by atoms with E-state index in [2.05, 4.69) is 35.7 Å². The smallest absolute Gasteiger partial charge is 0.347 e. The van der Waals surface area contributed by atoms with Crippen LogP contribution in [0, 0.1) is 13.8 Å². The summed E-state index contributed by atoms with van der Waals surface area (Å²) in [6.07, 6.45) is 0.238. The van der Waals surface area contributed by atoms with E-state index in [1.165, 1.54) is 11.1 Å². The van der Waals surface area contributed by atoms with Gasteiger partial charge in [-0.15, -0.1) is 0 Å². The van der Waals surface area contributed by atoms with Gasteiger partial charge in [-0.25, -0.2) is 4.79 Å². The molecule has 0 spiro atoms. The van der Waals surface area contributed by atoms with Crippen molar-refractivity contribution in [2.75, 3.05) is 6.54 Å². The zero-order chi connectivity index (χ0) is 20.3. The molecule has 156 valence electrons. The maximum atomic E-state index is 11.3. The van der Waals surface area contributed by atoms with E-state index < -0.39 is 12.1 Å². The molecule has 0 aliphatic rings. The Morgan fingerprint density at radius 3 is 2.59 bits per heavy atom. The number of pyridine rings is 1. The first kappa shape index (κ1) is 22.4. The Labute approximate surface area is 171 Å². The minimum atomic E-state index is -1.01. The maximum Gasteiger partial charge on any atom is 0.347 e. The standard InChI is InChI=1S/C22H27N3O3.CH4/c1-4-19(22(26)27)28-24-20-16-8-5-6-9-18(16)25(13-7-12-23)21-15(3)14(2)10-11-17(20)21;/h5-6,8-11,19H,4,7,12-13,23H2,1-3H3,(H,26,27);1H4/b24-20+;. The Hall–Kier alpha value is -2.86. The van der Waals surface area contributed by atoms with E-state index in [9.17, 15) is 9.90 Å². The van der Waals surface area contributed by atoms with Crippen molar-refractivity contribution in [3.8, 4) is 0 Å². The lowest BCUT2D eigenvalue weighted by Crippen LogP contribution is -2.23. The van der Waals surface area contributed by atoms with Gasteiger partial charge in [-0.05, 0) is 50.4 Å². The highest BCUT2D eigenvalue weighted by molar-refractivity contribution is 5.95. The summed E-state index contributed by atoms with van der Waals surface area (Å²) < 4.78 is 2.29. The van der Waals surface area contributed by atoms with E-state index in [0.29, 0.717) is 18.3 Å². The molecule has 1 heterocycles. The SMILES string of the molecule is C.CCC(O/N=c1\c2ccccc2n(CCCN)c2c(C)c(C)ccc12)C(=O)O. The summed E-state index contributed by atoms with van der Waals surface area (Å²) in [6.45, 7) is 7.36. The van der Waals surface area contributed by atoms with Crippen LogP contribution in [0.15, 0.2) is 41.6 Å². The number of para-hydroxylation sites is 1. The number of fused-ring (bicyclic) bond motifs is 2. The molecule has 0 saturated carbocycles. The van der Waals surface area contributed by atoms with Crippen LogP contribution in [0.1, 0.15) is 38.3 Å². The molecule has 0 saturated heterocycles. The topological polar surface area (TPSA) is 89.8 Å². The average Bonchev–Trinajstić information content (AvgIpc) is 2.69. The van der Waals surface area contributed by atoms with Gasteiger partial charge in [0, 0.05) is 17.3 Å². The molecular weight excluding hydrogens is 366 g/mol. The number of aliphatic carboxylic acids is 1. The highest BCUT2D eigenvalue weighted by Crippen LogP contribution is 2.25. The summed E-state index contributed by atoms with van der Waals surface area (Å²) in [5.41, 5.74) is 10.2. The van der Waals surface area contributed by atoms with Gasteiger partial charge in [0.2, 0.25) is 6.10 Å². The first-order valence-electron chi connectivity index (χ1n) is 9.63. The molecule has 6 heteroatoms. The number of hydrogen-bond acceptors (Lipinski definition) is 4. The number of hydrogen-bond donors (Lipinski definition) is 2. The van der Waals surface area contributed by atoms with Crippen LogP contribution >= 0.6 is 0 Å². The van der Waals surface area contributed by atoms with E-state index >= 15 is 0 Å². The van der Waals surface area contributed by atoms with Crippen LogP contribution in [0.2, 0.25) is 0 Å². The number of rotatable bonds is 7. The number of aryl methyl sites for hydroxylation is 3. The van der Waals surface area contributed by atoms with Crippen LogP contribution in [0.4, 0.5) is 0 Å². The molecule has 0 bridgehead atoms. The fraction of sp³-hybridized carbons (Fsp3) is 0.391. The third kappa shape index (κ3) is 4.27. The van der Waals surface area contributed by atoms with Crippen LogP contribution in [-0.4, -0.2) is 28.3 Å². The first-order chi connectivity index (χ1) is 13.5. The van der Waals surface area contributed by atoms with Gasteiger partial charge in [-0.1, -0.05) is 49.8 Å². The Bertz CT molecular complexity index is 1090. The number of carbonyl (C=O) groups is 1. The molecule has 1 atom stereocenters. The zero-order valence-electron chi connectivity index (χ0n) is 16.6. The van der Waals surface area contributed by atoms with Crippen molar-refractivity contribution in [2.45, 2.75) is 53.7 Å². The van der Waals surface area contributed by atoms with Gasteiger partial charge in [0.05, 0.1) is 11.0 Å². The number of nitrogens with zero attached hydrogens (tertiary/aromatic N) is 2. The van der Waals surface area contributed by atoms with Crippen LogP contribution in [0.3, 0.4) is 0 Å². The minimum absolute atomic E-state index is 0. The molecular formula is C23H31N3O3. The van der Waals surface area contributed by atoms with Gasteiger partial charge in [0.1, 0.15) is 5.36 Å². The summed E-state index contributed by atoms with van der Waals surface area (Å²) in [7, 11) is 0. The largest absolute Gasteiger partial charge is 0.478 e. The van der Waals surface area contributed by atoms with E-state index in [1.54, 1.807) is 6.92 Å². The molecule has 29 heavy (non-hydrogen) atoms. The quantitative estimate of drug-likeness (QED) is 0.464. The Morgan fingerprint density at radius 2 is 1.93 bits per heavy atom. The van der Waals surface area contributed by atoms with Crippen molar-refractivity contribution in [3.05, 3.63) is 52.9 Å². The molecule has 3 N–H and O–H groups in total. The number of benzene rings is 2. The van der Waals surface area contributed by atoms with Crippen LogP contribution in [-0.2, 0) is 16.2 Å². The first-order valence-corrected chi connectivity index (χ1v) is 9.63. The number of carboxylic acids is 1. The van der Waals surface area contributed by atoms with Crippen molar-refractivity contribution in [1.29, 1.82) is 0 Å². The second kappa shape index (κ2) is 9.56. The molecule has 0 amide bonds. The summed E-state index contributed by atoms with van der Waals surface area (Å²) in [5.74, 6) is -1.01. The summed E-state index contributed by atoms with van der Waals surface area (Å²) in [5, 5.41) is 16.2. The molecule has 6 nitrogen and oxygen atoms in total. The van der Waals surface area contributed by atoms with Gasteiger partial charge < -0.3 is 20.2 Å². The molecule has 0 radical (unpaired) electrons. The van der Waals surface area contributed by atoms with E-state index in [1.807, 2.05) is 24.3 Å². The highest BCUT2D eigenvalue weighted by atomic mass is 16.6. The van der Waals surface area contributed by atoms with Gasteiger partial charge >= 0.3 is 5.97 Å². The summed E-state index contributed by atoms with van der Waals surface area (Å²) in [4.78, 5) is 16.8. The van der Waals surface area contributed by atoms with Crippen molar-refractivity contribution in [2.24, 2.45) is 10.9 Å². The van der Waals surface area contributed by atoms with Crippen molar-refractivity contribution < 1.29 is 14.7 Å². The van der Waals surface area contributed by atoms with Crippen molar-refractivity contribution in [1.82, 2.24) is 4.57 Å². The molecule has 1 aromatic heterocycles. The number of nitrogens with two attached hydrogens (primary N) is 1.